The second-order valence-corrected chi connectivity index (χ2v) is 4.38. The van der Waals surface area contributed by atoms with Crippen LogP contribution in [0.1, 0.15) is 31.7 Å². The largest absolute Gasteiger partial charge is 0.382 e. The van der Waals surface area contributed by atoms with Crippen molar-refractivity contribution in [2.75, 3.05) is 5.73 Å². The first-order valence-electron chi connectivity index (χ1n) is 5.78. The molecule has 90 valence electrons. The molecule has 2 heterocycles. The van der Waals surface area contributed by atoms with Crippen LogP contribution in [0, 0.1) is 0 Å². The Morgan fingerprint density at radius 1 is 1.29 bits per heavy atom. The Labute approximate surface area is 105 Å². The van der Waals surface area contributed by atoms with Gasteiger partial charge in [-0.25, -0.2) is 4.98 Å². The SMILES string of the molecule is CCCCCc1cnc2c(N)nc(Cl)nc2c1. The van der Waals surface area contributed by atoms with Crippen LogP contribution in [0.15, 0.2) is 12.3 Å². The zero-order valence-corrected chi connectivity index (χ0v) is 10.5. The number of anilines is 1. The summed E-state index contributed by atoms with van der Waals surface area (Å²) >= 11 is 5.77. The van der Waals surface area contributed by atoms with E-state index in [9.17, 15) is 0 Å². The van der Waals surface area contributed by atoms with Crippen molar-refractivity contribution in [3.05, 3.63) is 23.1 Å². The molecule has 0 unspecified atom stereocenters. The molecule has 0 fully saturated rings. The van der Waals surface area contributed by atoms with Gasteiger partial charge in [0.05, 0.1) is 5.52 Å². The van der Waals surface area contributed by atoms with E-state index in [2.05, 4.69) is 21.9 Å². The first-order valence-corrected chi connectivity index (χ1v) is 6.16. The monoisotopic (exact) mass is 250 g/mol. The summed E-state index contributed by atoms with van der Waals surface area (Å²) in [6.07, 6.45) is 6.45. The predicted octanol–water partition coefficient (Wildman–Crippen LogP) is 2.99. The van der Waals surface area contributed by atoms with E-state index in [0.717, 1.165) is 18.4 Å². The molecule has 5 heteroatoms. The van der Waals surface area contributed by atoms with Crippen LogP contribution in [0.4, 0.5) is 5.82 Å². The molecule has 0 radical (unpaired) electrons. The average molecular weight is 251 g/mol. The highest BCUT2D eigenvalue weighted by Crippen LogP contribution is 2.19. The summed E-state index contributed by atoms with van der Waals surface area (Å²) < 4.78 is 0. The van der Waals surface area contributed by atoms with E-state index in [-0.39, 0.29) is 5.28 Å². The molecular weight excluding hydrogens is 236 g/mol. The van der Waals surface area contributed by atoms with Gasteiger partial charge in [-0.15, -0.1) is 0 Å². The lowest BCUT2D eigenvalue weighted by atomic mass is 10.1. The van der Waals surface area contributed by atoms with Crippen LogP contribution in [-0.2, 0) is 6.42 Å². The van der Waals surface area contributed by atoms with Gasteiger partial charge < -0.3 is 5.73 Å². The fourth-order valence-electron chi connectivity index (χ4n) is 1.77. The number of hydrogen-bond acceptors (Lipinski definition) is 4. The van der Waals surface area contributed by atoms with Gasteiger partial charge in [0.15, 0.2) is 5.82 Å². The van der Waals surface area contributed by atoms with Crippen molar-refractivity contribution >= 4 is 28.5 Å². The van der Waals surface area contributed by atoms with E-state index >= 15 is 0 Å². The highest BCUT2D eigenvalue weighted by Gasteiger charge is 2.06. The summed E-state index contributed by atoms with van der Waals surface area (Å²) in [6, 6.07) is 1.99. The number of aryl methyl sites for hydroxylation is 1. The molecule has 0 aliphatic carbocycles. The maximum Gasteiger partial charge on any atom is 0.225 e. The summed E-state index contributed by atoms with van der Waals surface area (Å²) in [5.41, 5.74) is 8.24. The van der Waals surface area contributed by atoms with E-state index < -0.39 is 0 Å². The van der Waals surface area contributed by atoms with Crippen molar-refractivity contribution in [1.29, 1.82) is 0 Å². The highest BCUT2D eigenvalue weighted by atomic mass is 35.5. The van der Waals surface area contributed by atoms with Crippen molar-refractivity contribution in [1.82, 2.24) is 15.0 Å². The third-order valence-electron chi connectivity index (χ3n) is 2.66. The Bertz CT molecular complexity index is 527. The normalized spacial score (nSPS) is 10.9. The molecule has 0 aromatic carbocycles. The van der Waals surface area contributed by atoms with Gasteiger partial charge in [0.25, 0.3) is 0 Å². The molecule has 0 saturated carbocycles. The smallest absolute Gasteiger partial charge is 0.225 e. The number of rotatable bonds is 4. The quantitative estimate of drug-likeness (QED) is 0.669. The lowest BCUT2D eigenvalue weighted by molar-refractivity contribution is 0.716. The van der Waals surface area contributed by atoms with Gasteiger partial charge in [-0.3, -0.25) is 4.98 Å². The van der Waals surface area contributed by atoms with E-state index in [0.29, 0.717) is 11.3 Å². The summed E-state index contributed by atoms with van der Waals surface area (Å²) in [7, 11) is 0. The van der Waals surface area contributed by atoms with Gasteiger partial charge in [0, 0.05) is 6.20 Å². The fraction of sp³-hybridized carbons (Fsp3) is 0.417. The predicted molar refractivity (Wildman–Crippen MR) is 70.0 cm³/mol. The number of aromatic nitrogens is 3. The van der Waals surface area contributed by atoms with Crippen LogP contribution in [0.25, 0.3) is 11.0 Å². The lowest BCUT2D eigenvalue weighted by Crippen LogP contribution is -1.98. The Morgan fingerprint density at radius 3 is 2.88 bits per heavy atom. The van der Waals surface area contributed by atoms with E-state index in [4.69, 9.17) is 17.3 Å². The Balaban J connectivity index is 2.30. The number of halogens is 1. The minimum Gasteiger partial charge on any atom is -0.382 e. The molecule has 17 heavy (non-hydrogen) atoms. The molecule has 0 bridgehead atoms. The highest BCUT2D eigenvalue weighted by molar-refractivity contribution is 6.28. The second-order valence-electron chi connectivity index (χ2n) is 4.05. The van der Waals surface area contributed by atoms with Gasteiger partial charge in [0.1, 0.15) is 5.52 Å². The third kappa shape index (κ3) is 2.82. The van der Waals surface area contributed by atoms with Crippen molar-refractivity contribution in [2.24, 2.45) is 0 Å². The van der Waals surface area contributed by atoms with Gasteiger partial charge in [-0.05, 0) is 36.1 Å². The van der Waals surface area contributed by atoms with Gasteiger partial charge in [-0.1, -0.05) is 19.8 Å². The number of fused-ring (bicyclic) bond motifs is 1. The second kappa shape index (κ2) is 5.27. The minimum absolute atomic E-state index is 0.169. The van der Waals surface area contributed by atoms with Crippen molar-refractivity contribution < 1.29 is 0 Å². The molecule has 0 aliphatic rings. The lowest BCUT2D eigenvalue weighted by Gasteiger charge is -2.04. The minimum atomic E-state index is 0.169. The first kappa shape index (κ1) is 12.0. The molecule has 2 N–H and O–H groups in total. The van der Waals surface area contributed by atoms with Crippen LogP contribution < -0.4 is 5.73 Å². The molecular formula is C12H15ClN4. The zero-order chi connectivity index (χ0) is 12.3. The number of pyridine rings is 1. The van der Waals surface area contributed by atoms with Crippen LogP contribution in [0.3, 0.4) is 0 Å². The molecule has 2 rings (SSSR count). The number of hydrogen-bond donors (Lipinski definition) is 1. The molecule has 0 saturated heterocycles. The number of nitrogen functional groups attached to an aromatic ring is 1. The number of nitrogens with zero attached hydrogens (tertiary/aromatic N) is 3. The van der Waals surface area contributed by atoms with Gasteiger partial charge >= 0.3 is 0 Å². The Kier molecular flexibility index (Phi) is 3.74. The standard InChI is InChI=1S/C12H15ClN4/c1-2-3-4-5-8-6-9-10(15-7-8)11(14)17-12(13)16-9/h6-7H,2-5H2,1H3,(H2,14,16,17). The van der Waals surface area contributed by atoms with Crippen LogP contribution in [-0.4, -0.2) is 15.0 Å². The Morgan fingerprint density at radius 2 is 2.12 bits per heavy atom. The summed E-state index contributed by atoms with van der Waals surface area (Å²) in [4.78, 5) is 12.3. The summed E-state index contributed by atoms with van der Waals surface area (Å²) in [5, 5.41) is 0.169. The zero-order valence-electron chi connectivity index (χ0n) is 9.78. The molecule has 0 aliphatic heterocycles. The van der Waals surface area contributed by atoms with Crippen LogP contribution in [0.2, 0.25) is 5.28 Å². The molecule has 0 amide bonds. The molecule has 2 aromatic rings. The van der Waals surface area contributed by atoms with Crippen molar-refractivity contribution in [3.8, 4) is 0 Å². The topological polar surface area (TPSA) is 64.7 Å². The van der Waals surface area contributed by atoms with E-state index in [1.807, 2.05) is 12.3 Å². The van der Waals surface area contributed by atoms with E-state index in [1.165, 1.54) is 18.4 Å². The van der Waals surface area contributed by atoms with Crippen LogP contribution >= 0.6 is 11.6 Å². The molecule has 2 aromatic heterocycles. The van der Waals surface area contributed by atoms with Gasteiger partial charge in [-0.2, -0.15) is 4.98 Å². The molecule has 4 nitrogen and oxygen atoms in total. The van der Waals surface area contributed by atoms with Crippen molar-refractivity contribution in [3.63, 3.8) is 0 Å². The first-order chi connectivity index (χ1) is 8.20. The van der Waals surface area contributed by atoms with Crippen molar-refractivity contribution in [2.45, 2.75) is 32.6 Å². The maximum absolute atomic E-state index is 5.77. The average Bonchev–Trinajstić information content (AvgIpc) is 2.28. The maximum atomic E-state index is 5.77. The van der Waals surface area contributed by atoms with Crippen LogP contribution in [0.5, 0.6) is 0 Å². The number of unbranched alkanes of at least 4 members (excludes halogenated alkanes) is 2. The molecule has 0 atom stereocenters. The molecule has 0 spiro atoms. The third-order valence-corrected chi connectivity index (χ3v) is 2.83. The summed E-state index contributed by atoms with van der Waals surface area (Å²) in [5.74, 6) is 0.333. The fourth-order valence-corrected chi connectivity index (χ4v) is 1.95. The van der Waals surface area contributed by atoms with E-state index in [1.54, 1.807) is 0 Å². The van der Waals surface area contributed by atoms with Gasteiger partial charge in [0.2, 0.25) is 5.28 Å². The summed E-state index contributed by atoms with van der Waals surface area (Å²) in [6.45, 7) is 2.19. The number of nitrogens with two attached hydrogens (primary N) is 1. The Hall–Kier alpha value is -1.42.